The van der Waals surface area contributed by atoms with Crippen molar-refractivity contribution in [3.05, 3.63) is 46.1 Å². The van der Waals surface area contributed by atoms with Gasteiger partial charge in [0, 0.05) is 4.88 Å². The molecule has 0 saturated heterocycles. The van der Waals surface area contributed by atoms with E-state index < -0.39 is 12.1 Å². The monoisotopic (exact) mass is 377 g/mol. The van der Waals surface area contributed by atoms with Gasteiger partial charge in [-0.1, -0.05) is 0 Å². The van der Waals surface area contributed by atoms with Crippen LogP contribution in [0.2, 0.25) is 0 Å². The Morgan fingerprint density at radius 3 is 2.58 bits per heavy atom. The maximum atomic E-state index is 13.0. The molecule has 0 unspecified atom stereocenters. The number of nitrogens with one attached hydrogen (secondary N) is 1. The van der Waals surface area contributed by atoms with Crippen molar-refractivity contribution in [2.75, 3.05) is 12.4 Å². The van der Waals surface area contributed by atoms with E-state index in [4.69, 9.17) is 9.47 Å². The van der Waals surface area contributed by atoms with Gasteiger partial charge < -0.3 is 14.8 Å². The number of carbonyl (C=O) groups is 2. The number of carbonyl (C=O) groups excluding carboxylic acids is 2. The van der Waals surface area contributed by atoms with E-state index >= 15 is 0 Å². The molecule has 3 rings (SSSR count). The largest absolute Gasteiger partial charge is 0.481 e. The summed E-state index contributed by atoms with van der Waals surface area (Å²) in [6.07, 6.45) is 3.01. The Hall–Kier alpha value is -2.41. The van der Waals surface area contributed by atoms with Gasteiger partial charge in [0.25, 0.3) is 5.91 Å². The van der Waals surface area contributed by atoms with E-state index in [1.54, 1.807) is 6.92 Å². The molecule has 1 aliphatic rings. The van der Waals surface area contributed by atoms with Gasteiger partial charge in [-0.15, -0.1) is 11.3 Å². The number of methoxy groups -OCH3 is 1. The standard InChI is InChI=1S/C19H20FNO4S/c1-11(25-13-9-7-12(20)8-10-13)17(22)21-18-16(19(23)24-2)14-5-3-4-6-15(14)26-18/h7-11H,3-6H2,1-2H3,(H,21,22)/t11-/m0/s1. The lowest BCUT2D eigenvalue weighted by Gasteiger charge is -2.15. The summed E-state index contributed by atoms with van der Waals surface area (Å²) >= 11 is 1.42. The second kappa shape index (κ2) is 7.86. The number of amides is 1. The van der Waals surface area contributed by atoms with Crippen molar-refractivity contribution in [1.82, 2.24) is 0 Å². The second-order valence-electron chi connectivity index (χ2n) is 6.11. The average molecular weight is 377 g/mol. The van der Waals surface area contributed by atoms with Gasteiger partial charge in [0.05, 0.1) is 12.7 Å². The molecule has 138 valence electrons. The predicted octanol–water partition coefficient (Wildman–Crippen LogP) is 3.96. The first-order valence-corrected chi connectivity index (χ1v) is 9.27. The smallest absolute Gasteiger partial charge is 0.341 e. The van der Waals surface area contributed by atoms with Crippen LogP contribution in [0.3, 0.4) is 0 Å². The van der Waals surface area contributed by atoms with Crippen LogP contribution in [0.5, 0.6) is 5.75 Å². The molecule has 1 aromatic carbocycles. The van der Waals surface area contributed by atoms with Crippen LogP contribution >= 0.6 is 11.3 Å². The number of halogens is 1. The summed E-state index contributed by atoms with van der Waals surface area (Å²) in [5.41, 5.74) is 1.44. The summed E-state index contributed by atoms with van der Waals surface area (Å²) < 4.78 is 23.4. The Balaban J connectivity index is 1.77. The van der Waals surface area contributed by atoms with Crippen molar-refractivity contribution in [3.63, 3.8) is 0 Å². The Kier molecular flexibility index (Phi) is 5.56. The lowest BCUT2D eigenvalue weighted by molar-refractivity contribution is -0.122. The van der Waals surface area contributed by atoms with Crippen LogP contribution in [0.15, 0.2) is 24.3 Å². The zero-order chi connectivity index (χ0) is 18.7. The molecule has 0 fully saturated rings. The molecule has 0 spiro atoms. The molecule has 0 bridgehead atoms. The van der Waals surface area contributed by atoms with Crippen LogP contribution in [-0.4, -0.2) is 25.1 Å². The third-order valence-electron chi connectivity index (χ3n) is 4.29. The summed E-state index contributed by atoms with van der Waals surface area (Å²) in [6, 6.07) is 5.46. The van der Waals surface area contributed by atoms with Gasteiger partial charge in [-0.25, -0.2) is 9.18 Å². The highest BCUT2D eigenvalue weighted by atomic mass is 32.1. The molecule has 1 heterocycles. The zero-order valence-corrected chi connectivity index (χ0v) is 15.5. The van der Waals surface area contributed by atoms with Crippen molar-refractivity contribution >= 4 is 28.2 Å². The number of hydrogen-bond donors (Lipinski definition) is 1. The molecule has 5 nitrogen and oxygen atoms in total. The Morgan fingerprint density at radius 2 is 1.88 bits per heavy atom. The third kappa shape index (κ3) is 3.88. The van der Waals surface area contributed by atoms with Crippen LogP contribution in [0.4, 0.5) is 9.39 Å². The van der Waals surface area contributed by atoms with E-state index in [0.29, 0.717) is 16.3 Å². The summed E-state index contributed by atoms with van der Waals surface area (Å²) in [4.78, 5) is 25.8. The first-order chi connectivity index (χ1) is 12.5. The van der Waals surface area contributed by atoms with Crippen LogP contribution in [0, 0.1) is 5.82 Å². The van der Waals surface area contributed by atoms with Gasteiger partial charge >= 0.3 is 5.97 Å². The number of rotatable bonds is 5. The number of esters is 1. The van der Waals surface area contributed by atoms with Crippen molar-refractivity contribution in [1.29, 1.82) is 0 Å². The van der Waals surface area contributed by atoms with Crippen molar-refractivity contribution < 1.29 is 23.5 Å². The molecule has 26 heavy (non-hydrogen) atoms. The minimum atomic E-state index is -0.801. The number of aryl methyl sites for hydroxylation is 1. The Morgan fingerprint density at radius 1 is 1.19 bits per heavy atom. The summed E-state index contributed by atoms with van der Waals surface area (Å²) in [7, 11) is 1.33. The summed E-state index contributed by atoms with van der Waals surface area (Å²) in [5, 5.41) is 3.30. The maximum Gasteiger partial charge on any atom is 0.341 e. The molecule has 1 atom stereocenters. The number of hydrogen-bond acceptors (Lipinski definition) is 5. The molecule has 0 radical (unpaired) electrons. The fraction of sp³-hybridized carbons (Fsp3) is 0.368. The number of benzene rings is 1. The van der Waals surface area contributed by atoms with Gasteiger partial charge in [-0.2, -0.15) is 0 Å². The lowest BCUT2D eigenvalue weighted by Crippen LogP contribution is -2.30. The number of thiophene rings is 1. The normalized spacial score (nSPS) is 14.3. The lowest BCUT2D eigenvalue weighted by atomic mass is 9.95. The van der Waals surface area contributed by atoms with Gasteiger partial charge in [-0.05, 0) is 62.4 Å². The van der Waals surface area contributed by atoms with Crippen molar-refractivity contribution in [2.45, 2.75) is 38.7 Å². The molecule has 7 heteroatoms. The molecule has 1 amide bonds. The molecule has 0 aliphatic heterocycles. The topological polar surface area (TPSA) is 64.6 Å². The predicted molar refractivity (Wildman–Crippen MR) is 97.4 cm³/mol. The van der Waals surface area contributed by atoms with Gasteiger partial charge in [0.2, 0.25) is 0 Å². The molecular formula is C19H20FNO4S. The Bertz CT molecular complexity index is 816. The van der Waals surface area contributed by atoms with Crippen LogP contribution < -0.4 is 10.1 Å². The summed E-state index contributed by atoms with van der Waals surface area (Å²) in [5.74, 6) is -0.793. The fourth-order valence-electron chi connectivity index (χ4n) is 2.96. The van der Waals surface area contributed by atoms with Gasteiger partial charge in [-0.3, -0.25) is 4.79 Å². The van der Waals surface area contributed by atoms with Crippen LogP contribution in [0.1, 0.15) is 40.6 Å². The molecule has 1 aliphatic carbocycles. The molecule has 0 saturated carbocycles. The average Bonchev–Trinajstić information content (AvgIpc) is 3.00. The van der Waals surface area contributed by atoms with Crippen molar-refractivity contribution in [3.8, 4) is 5.75 Å². The van der Waals surface area contributed by atoms with Gasteiger partial charge in [0.15, 0.2) is 6.10 Å². The van der Waals surface area contributed by atoms with E-state index in [1.165, 1.54) is 42.7 Å². The van der Waals surface area contributed by atoms with E-state index in [-0.39, 0.29) is 11.7 Å². The van der Waals surface area contributed by atoms with E-state index in [1.807, 2.05) is 0 Å². The van der Waals surface area contributed by atoms with Crippen molar-refractivity contribution in [2.24, 2.45) is 0 Å². The zero-order valence-electron chi connectivity index (χ0n) is 14.6. The minimum absolute atomic E-state index is 0.374. The highest BCUT2D eigenvalue weighted by Gasteiger charge is 2.28. The highest BCUT2D eigenvalue weighted by Crippen LogP contribution is 2.38. The molecule has 1 N–H and O–H groups in total. The SMILES string of the molecule is COC(=O)c1c(NC(=O)[C@H](C)Oc2ccc(F)cc2)sc2c1CCCC2. The van der Waals surface area contributed by atoms with E-state index in [2.05, 4.69) is 5.32 Å². The quantitative estimate of drug-likeness (QED) is 0.801. The van der Waals surface area contributed by atoms with Crippen LogP contribution in [-0.2, 0) is 22.4 Å². The first-order valence-electron chi connectivity index (χ1n) is 8.45. The first kappa shape index (κ1) is 18.4. The number of fused-ring (bicyclic) bond motifs is 1. The maximum absolute atomic E-state index is 13.0. The number of ether oxygens (including phenoxy) is 2. The summed E-state index contributed by atoms with van der Waals surface area (Å²) in [6.45, 7) is 1.60. The second-order valence-corrected chi connectivity index (χ2v) is 7.22. The fourth-order valence-corrected chi connectivity index (χ4v) is 4.24. The molecule has 1 aromatic heterocycles. The molecular weight excluding hydrogens is 357 g/mol. The van der Waals surface area contributed by atoms with E-state index in [9.17, 15) is 14.0 Å². The number of anilines is 1. The minimum Gasteiger partial charge on any atom is -0.481 e. The van der Waals surface area contributed by atoms with Crippen LogP contribution in [0.25, 0.3) is 0 Å². The van der Waals surface area contributed by atoms with Gasteiger partial charge in [0.1, 0.15) is 16.6 Å². The van der Waals surface area contributed by atoms with E-state index in [0.717, 1.165) is 36.1 Å². The Labute approximate surface area is 155 Å². The molecule has 2 aromatic rings. The highest BCUT2D eigenvalue weighted by molar-refractivity contribution is 7.17. The third-order valence-corrected chi connectivity index (χ3v) is 5.50.